The van der Waals surface area contributed by atoms with E-state index in [0.717, 1.165) is 16.9 Å². The van der Waals surface area contributed by atoms with E-state index in [2.05, 4.69) is 10.3 Å². The number of thiazole rings is 1. The Morgan fingerprint density at radius 3 is 2.63 bits per heavy atom. The first kappa shape index (κ1) is 17.4. The Morgan fingerprint density at radius 2 is 1.85 bits per heavy atom. The smallest absolute Gasteiger partial charge is 0.233 e. The van der Waals surface area contributed by atoms with Gasteiger partial charge in [-0.3, -0.25) is 9.59 Å². The number of amides is 1. The first-order chi connectivity index (χ1) is 13.1. The van der Waals surface area contributed by atoms with Crippen LogP contribution in [0.25, 0.3) is 11.3 Å². The van der Waals surface area contributed by atoms with Crippen molar-refractivity contribution in [3.05, 3.63) is 65.0 Å². The third-order valence-electron chi connectivity index (χ3n) is 4.47. The van der Waals surface area contributed by atoms with E-state index in [-0.39, 0.29) is 17.6 Å². The van der Waals surface area contributed by atoms with E-state index in [9.17, 15) is 9.59 Å². The normalized spacial score (nSPS) is 15.5. The van der Waals surface area contributed by atoms with E-state index < -0.39 is 0 Å². The second kappa shape index (κ2) is 7.32. The van der Waals surface area contributed by atoms with Crippen molar-refractivity contribution in [3.63, 3.8) is 0 Å². The fraction of sp³-hybridized carbons (Fsp3) is 0.190. The fourth-order valence-corrected chi connectivity index (χ4v) is 3.99. The average molecular weight is 378 g/mol. The standard InChI is InChI=1S/C21H18N2O3S/c1-13(24)19-18(14-7-3-2-4-8-14)22-21(27-19)23-20(25)16-11-15-9-5-6-10-17(15)26-12-16/h2-10,16H,11-12H2,1H3,(H,22,23,25). The van der Waals surface area contributed by atoms with Gasteiger partial charge >= 0.3 is 0 Å². The second-order valence-electron chi connectivity index (χ2n) is 6.43. The Bertz CT molecular complexity index is 998. The molecule has 5 nitrogen and oxygen atoms in total. The molecule has 0 bridgehead atoms. The summed E-state index contributed by atoms with van der Waals surface area (Å²) in [6.45, 7) is 1.84. The molecule has 0 fully saturated rings. The zero-order valence-electron chi connectivity index (χ0n) is 14.8. The second-order valence-corrected chi connectivity index (χ2v) is 7.43. The van der Waals surface area contributed by atoms with Crippen LogP contribution in [0.2, 0.25) is 0 Å². The summed E-state index contributed by atoms with van der Waals surface area (Å²) < 4.78 is 5.70. The number of rotatable bonds is 4. The number of carbonyl (C=O) groups excluding carboxylic acids is 2. The minimum atomic E-state index is -0.287. The molecule has 2 aromatic carbocycles. The maximum absolute atomic E-state index is 12.7. The van der Waals surface area contributed by atoms with Crippen LogP contribution in [0.15, 0.2) is 54.6 Å². The lowest BCUT2D eigenvalue weighted by Gasteiger charge is -2.24. The van der Waals surface area contributed by atoms with Crippen molar-refractivity contribution in [1.82, 2.24) is 4.98 Å². The zero-order valence-corrected chi connectivity index (χ0v) is 15.6. The van der Waals surface area contributed by atoms with E-state index in [1.807, 2.05) is 54.6 Å². The van der Waals surface area contributed by atoms with Gasteiger partial charge in [-0.2, -0.15) is 0 Å². The van der Waals surface area contributed by atoms with Gasteiger partial charge in [-0.15, -0.1) is 0 Å². The SMILES string of the molecule is CC(=O)c1sc(NC(=O)C2COc3ccccc3C2)nc1-c1ccccc1. The quantitative estimate of drug-likeness (QED) is 0.691. The molecular formula is C21H18N2O3S. The topological polar surface area (TPSA) is 68.3 Å². The number of hydrogen-bond acceptors (Lipinski definition) is 5. The van der Waals surface area contributed by atoms with E-state index in [4.69, 9.17) is 4.74 Å². The highest BCUT2D eigenvalue weighted by atomic mass is 32.1. The molecule has 136 valence electrons. The van der Waals surface area contributed by atoms with E-state index >= 15 is 0 Å². The van der Waals surface area contributed by atoms with Gasteiger partial charge in [0.05, 0.1) is 16.5 Å². The van der Waals surface area contributed by atoms with Crippen LogP contribution < -0.4 is 10.1 Å². The lowest BCUT2D eigenvalue weighted by atomic mass is 9.96. The maximum Gasteiger partial charge on any atom is 0.233 e. The number of ether oxygens (including phenoxy) is 1. The Labute approximate surface area is 161 Å². The Hall–Kier alpha value is -2.99. The van der Waals surface area contributed by atoms with E-state index in [1.165, 1.54) is 18.3 Å². The number of aromatic nitrogens is 1. The highest BCUT2D eigenvalue weighted by Crippen LogP contribution is 2.32. The third-order valence-corrected chi connectivity index (χ3v) is 5.55. The third kappa shape index (κ3) is 3.61. The molecule has 0 aliphatic carbocycles. The van der Waals surface area contributed by atoms with Crippen LogP contribution in [0.3, 0.4) is 0 Å². The van der Waals surface area contributed by atoms with Crippen molar-refractivity contribution in [1.29, 1.82) is 0 Å². The van der Waals surface area contributed by atoms with Crippen molar-refractivity contribution in [3.8, 4) is 17.0 Å². The molecule has 0 spiro atoms. The van der Waals surface area contributed by atoms with Gasteiger partial charge in [-0.05, 0) is 18.1 Å². The van der Waals surface area contributed by atoms with Crippen molar-refractivity contribution in [2.75, 3.05) is 11.9 Å². The van der Waals surface area contributed by atoms with Crippen LogP contribution in [-0.2, 0) is 11.2 Å². The minimum absolute atomic E-state index is 0.0678. The molecule has 6 heteroatoms. The predicted octanol–water partition coefficient (Wildman–Crippen LogP) is 4.20. The van der Waals surface area contributed by atoms with Crippen LogP contribution in [0.1, 0.15) is 22.2 Å². The van der Waals surface area contributed by atoms with E-state index in [1.54, 1.807) is 0 Å². The van der Waals surface area contributed by atoms with Crippen molar-refractivity contribution in [2.24, 2.45) is 5.92 Å². The summed E-state index contributed by atoms with van der Waals surface area (Å²) >= 11 is 1.21. The average Bonchev–Trinajstić information content (AvgIpc) is 3.12. The molecule has 1 amide bonds. The van der Waals surface area contributed by atoms with Gasteiger partial charge in [0.2, 0.25) is 5.91 Å². The molecule has 0 saturated heterocycles. The van der Waals surface area contributed by atoms with Crippen molar-refractivity contribution < 1.29 is 14.3 Å². The number of para-hydroxylation sites is 1. The largest absolute Gasteiger partial charge is 0.492 e. The first-order valence-electron chi connectivity index (χ1n) is 8.70. The number of fused-ring (bicyclic) bond motifs is 1. The Kier molecular flexibility index (Phi) is 4.73. The minimum Gasteiger partial charge on any atom is -0.492 e. The monoisotopic (exact) mass is 378 g/mol. The zero-order chi connectivity index (χ0) is 18.8. The number of carbonyl (C=O) groups is 2. The number of ketones is 1. The van der Waals surface area contributed by atoms with Gasteiger partial charge in [-0.25, -0.2) is 4.98 Å². The predicted molar refractivity (Wildman–Crippen MR) is 105 cm³/mol. The van der Waals surface area contributed by atoms with Gasteiger partial charge in [0.15, 0.2) is 10.9 Å². The summed E-state index contributed by atoms with van der Waals surface area (Å²) in [6, 6.07) is 17.2. The number of Topliss-reactive ketones (excluding diaryl/α,β-unsaturated/α-hetero) is 1. The molecule has 4 rings (SSSR count). The van der Waals surface area contributed by atoms with Crippen LogP contribution >= 0.6 is 11.3 Å². The van der Waals surface area contributed by atoms with Gasteiger partial charge in [-0.1, -0.05) is 59.9 Å². The number of benzene rings is 2. The molecule has 1 aliphatic rings. The molecule has 1 N–H and O–H groups in total. The molecule has 1 aromatic heterocycles. The molecule has 1 aliphatic heterocycles. The van der Waals surface area contributed by atoms with Gasteiger partial charge < -0.3 is 10.1 Å². The molecule has 1 atom stereocenters. The number of nitrogens with zero attached hydrogens (tertiary/aromatic N) is 1. The summed E-state index contributed by atoms with van der Waals surface area (Å²) in [5.74, 6) is 0.334. The fourth-order valence-electron chi connectivity index (χ4n) is 3.11. The Balaban J connectivity index is 1.55. The lowest BCUT2D eigenvalue weighted by Crippen LogP contribution is -2.32. The van der Waals surface area contributed by atoms with Crippen LogP contribution in [-0.4, -0.2) is 23.3 Å². The first-order valence-corrected chi connectivity index (χ1v) is 9.52. The molecule has 2 heterocycles. The summed E-state index contributed by atoms with van der Waals surface area (Å²) in [4.78, 5) is 29.8. The van der Waals surface area contributed by atoms with Crippen LogP contribution in [0.4, 0.5) is 5.13 Å². The van der Waals surface area contributed by atoms with Crippen molar-refractivity contribution in [2.45, 2.75) is 13.3 Å². The molecular weight excluding hydrogens is 360 g/mol. The highest BCUT2D eigenvalue weighted by molar-refractivity contribution is 7.18. The number of nitrogens with one attached hydrogen (secondary N) is 1. The highest BCUT2D eigenvalue weighted by Gasteiger charge is 2.27. The van der Waals surface area contributed by atoms with Gasteiger partial charge in [0.1, 0.15) is 12.4 Å². The van der Waals surface area contributed by atoms with Crippen LogP contribution in [0.5, 0.6) is 5.75 Å². The lowest BCUT2D eigenvalue weighted by molar-refractivity contribution is -0.121. The van der Waals surface area contributed by atoms with Gasteiger partial charge in [0, 0.05) is 12.5 Å². The summed E-state index contributed by atoms with van der Waals surface area (Å²) in [7, 11) is 0. The number of hydrogen-bond donors (Lipinski definition) is 1. The van der Waals surface area contributed by atoms with Gasteiger partial charge in [0.25, 0.3) is 0 Å². The number of anilines is 1. The molecule has 0 radical (unpaired) electrons. The van der Waals surface area contributed by atoms with Crippen molar-refractivity contribution >= 4 is 28.2 Å². The summed E-state index contributed by atoms with van der Waals surface area (Å²) in [5, 5.41) is 3.30. The maximum atomic E-state index is 12.7. The Morgan fingerprint density at radius 1 is 1.11 bits per heavy atom. The molecule has 0 saturated carbocycles. The van der Waals surface area contributed by atoms with Crippen LogP contribution in [0, 0.1) is 5.92 Å². The molecule has 1 unspecified atom stereocenters. The summed E-state index contributed by atoms with van der Waals surface area (Å²) in [5.41, 5.74) is 2.49. The summed E-state index contributed by atoms with van der Waals surface area (Å²) in [6.07, 6.45) is 0.624. The molecule has 27 heavy (non-hydrogen) atoms. The van der Waals surface area contributed by atoms with E-state index in [0.29, 0.717) is 28.7 Å². The molecule has 3 aromatic rings.